The van der Waals surface area contributed by atoms with Crippen LogP contribution in [0.2, 0.25) is 0 Å². The van der Waals surface area contributed by atoms with Crippen molar-refractivity contribution < 1.29 is 19.1 Å². The van der Waals surface area contributed by atoms with Crippen molar-refractivity contribution in [3.63, 3.8) is 0 Å². The molecular formula is C26H43NO4. The van der Waals surface area contributed by atoms with E-state index in [9.17, 15) is 14.4 Å². The molecule has 0 spiro atoms. The minimum absolute atomic E-state index is 0.0858. The van der Waals surface area contributed by atoms with E-state index in [4.69, 9.17) is 4.74 Å². The third kappa shape index (κ3) is 9.40. The fourth-order valence-corrected chi connectivity index (χ4v) is 4.19. The highest BCUT2D eigenvalue weighted by atomic mass is 16.5. The summed E-state index contributed by atoms with van der Waals surface area (Å²) in [6.07, 6.45) is 10.5. The lowest BCUT2D eigenvalue weighted by molar-refractivity contribution is 0.0519. The van der Waals surface area contributed by atoms with Crippen molar-refractivity contribution in [3.05, 3.63) is 22.5 Å². The number of nitrogens with one attached hydrogen (secondary N) is 1. The zero-order chi connectivity index (χ0) is 23.4. The monoisotopic (exact) mass is 433 g/mol. The Morgan fingerprint density at radius 2 is 1.48 bits per heavy atom. The highest BCUT2D eigenvalue weighted by molar-refractivity contribution is 6.06. The molecule has 1 aromatic rings. The predicted molar refractivity (Wildman–Crippen MR) is 126 cm³/mol. The highest BCUT2D eigenvalue weighted by Gasteiger charge is 2.24. The Morgan fingerprint density at radius 3 is 2.00 bits per heavy atom. The highest BCUT2D eigenvalue weighted by Crippen LogP contribution is 2.24. The first-order valence-corrected chi connectivity index (χ1v) is 12.1. The normalized spacial score (nSPS) is 13.3. The van der Waals surface area contributed by atoms with Crippen molar-refractivity contribution in [1.29, 1.82) is 0 Å². The van der Waals surface area contributed by atoms with Crippen LogP contribution in [-0.4, -0.2) is 29.6 Å². The Bertz CT molecular complexity index is 705. The molecule has 0 aliphatic carbocycles. The summed E-state index contributed by atoms with van der Waals surface area (Å²) in [4.78, 5) is 38.9. The van der Waals surface area contributed by atoms with Crippen molar-refractivity contribution in [2.24, 2.45) is 17.8 Å². The van der Waals surface area contributed by atoms with Gasteiger partial charge in [0.05, 0.1) is 12.3 Å². The minimum atomic E-state index is -0.533. The molecule has 2 unspecified atom stereocenters. The van der Waals surface area contributed by atoms with E-state index >= 15 is 0 Å². The summed E-state index contributed by atoms with van der Waals surface area (Å²) in [5, 5.41) is 0. The lowest BCUT2D eigenvalue weighted by atomic mass is 9.91. The van der Waals surface area contributed by atoms with Gasteiger partial charge in [-0.05, 0) is 43.6 Å². The summed E-state index contributed by atoms with van der Waals surface area (Å²) in [6, 6.07) is 0. The molecule has 1 N–H and O–H groups in total. The van der Waals surface area contributed by atoms with Gasteiger partial charge in [0.2, 0.25) is 0 Å². The topological polar surface area (TPSA) is 76.2 Å². The van der Waals surface area contributed by atoms with Crippen LogP contribution in [0.15, 0.2) is 0 Å². The van der Waals surface area contributed by atoms with Crippen molar-refractivity contribution in [2.75, 3.05) is 6.61 Å². The summed E-state index contributed by atoms with van der Waals surface area (Å²) in [6.45, 7) is 12.8. The van der Waals surface area contributed by atoms with Gasteiger partial charge < -0.3 is 9.72 Å². The number of hydrogen-bond acceptors (Lipinski definition) is 4. The van der Waals surface area contributed by atoms with Gasteiger partial charge in [0.1, 0.15) is 5.69 Å². The fourth-order valence-electron chi connectivity index (χ4n) is 4.19. The van der Waals surface area contributed by atoms with Crippen LogP contribution in [0.5, 0.6) is 0 Å². The van der Waals surface area contributed by atoms with Gasteiger partial charge in [-0.25, -0.2) is 4.79 Å². The molecule has 176 valence electrons. The molecule has 0 bridgehead atoms. The van der Waals surface area contributed by atoms with Crippen molar-refractivity contribution in [1.82, 2.24) is 4.98 Å². The Morgan fingerprint density at radius 1 is 0.935 bits per heavy atom. The van der Waals surface area contributed by atoms with E-state index in [0.29, 0.717) is 29.8 Å². The maximum Gasteiger partial charge on any atom is 0.355 e. The lowest BCUT2D eigenvalue weighted by Crippen LogP contribution is -2.08. The molecule has 0 saturated carbocycles. The van der Waals surface area contributed by atoms with E-state index in [1.807, 2.05) is 0 Å². The number of Topliss-reactive ketones (excluding diaryl/α,β-unsaturated/α-hetero) is 1. The van der Waals surface area contributed by atoms with Crippen LogP contribution < -0.4 is 0 Å². The molecule has 0 radical (unpaired) electrons. The molecule has 0 aliphatic rings. The van der Waals surface area contributed by atoms with Crippen molar-refractivity contribution in [3.8, 4) is 0 Å². The second kappa shape index (κ2) is 14.2. The first-order chi connectivity index (χ1) is 14.7. The van der Waals surface area contributed by atoms with E-state index in [-0.39, 0.29) is 23.8 Å². The Hall–Kier alpha value is -1.91. The van der Waals surface area contributed by atoms with Crippen LogP contribution in [0.25, 0.3) is 0 Å². The molecule has 1 rings (SSSR count). The van der Waals surface area contributed by atoms with Crippen LogP contribution in [-0.2, 0) is 4.74 Å². The van der Waals surface area contributed by atoms with Crippen LogP contribution >= 0.6 is 0 Å². The standard InChI is InChI=1S/C26H43NO4/c1-7-31-26(30)25-21(6)24(22(17-28)27-25)23(29)16-10-15-20(5)14-9-13-19(4)12-8-11-18(2)3/h17-20,27H,7-16H2,1-6H3. The number of ether oxygens (including phenoxy) is 1. The number of H-pyrrole nitrogens is 1. The van der Waals surface area contributed by atoms with Gasteiger partial charge in [-0.1, -0.05) is 72.6 Å². The van der Waals surface area contributed by atoms with Gasteiger partial charge in [-0.3, -0.25) is 9.59 Å². The molecule has 0 aliphatic heterocycles. The number of aromatic amines is 1. The molecular weight excluding hydrogens is 390 g/mol. The third-order valence-corrected chi connectivity index (χ3v) is 6.13. The molecule has 31 heavy (non-hydrogen) atoms. The first-order valence-electron chi connectivity index (χ1n) is 12.1. The quantitative estimate of drug-likeness (QED) is 0.174. The van der Waals surface area contributed by atoms with Gasteiger partial charge in [-0.2, -0.15) is 0 Å². The van der Waals surface area contributed by atoms with Gasteiger partial charge in [0, 0.05) is 12.0 Å². The average molecular weight is 434 g/mol. The Balaban J connectivity index is 2.43. The molecule has 5 heteroatoms. The van der Waals surface area contributed by atoms with E-state index < -0.39 is 5.97 Å². The second-order valence-electron chi connectivity index (χ2n) is 9.53. The summed E-state index contributed by atoms with van der Waals surface area (Å²) in [7, 11) is 0. The van der Waals surface area contributed by atoms with Crippen LogP contribution in [0.3, 0.4) is 0 Å². The number of hydrogen-bond donors (Lipinski definition) is 1. The molecule has 0 saturated heterocycles. The predicted octanol–water partition coefficient (Wildman–Crippen LogP) is 6.93. The summed E-state index contributed by atoms with van der Waals surface area (Å²) >= 11 is 0. The van der Waals surface area contributed by atoms with E-state index in [1.165, 1.54) is 38.5 Å². The minimum Gasteiger partial charge on any atom is -0.461 e. The third-order valence-electron chi connectivity index (χ3n) is 6.13. The maximum absolute atomic E-state index is 12.7. The van der Waals surface area contributed by atoms with Crippen molar-refractivity contribution >= 4 is 18.0 Å². The Labute approximate surface area is 188 Å². The molecule has 1 aromatic heterocycles. The van der Waals surface area contributed by atoms with E-state index in [2.05, 4.69) is 32.7 Å². The van der Waals surface area contributed by atoms with Crippen LogP contribution in [0.1, 0.15) is 129 Å². The molecule has 0 aromatic carbocycles. The number of aldehydes is 1. The molecule has 1 heterocycles. The van der Waals surface area contributed by atoms with E-state index in [1.54, 1.807) is 13.8 Å². The SMILES string of the molecule is CCOC(=O)c1[nH]c(C=O)c(C(=O)CCCC(C)CCCC(C)CCCC(C)C)c1C. The Kier molecular flexibility index (Phi) is 12.4. The zero-order valence-electron chi connectivity index (χ0n) is 20.5. The number of rotatable bonds is 16. The van der Waals surface area contributed by atoms with Crippen LogP contribution in [0, 0.1) is 24.7 Å². The fraction of sp³-hybridized carbons (Fsp3) is 0.731. The van der Waals surface area contributed by atoms with Gasteiger partial charge in [-0.15, -0.1) is 0 Å². The van der Waals surface area contributed by atoms with Gasteiger partial charge >= 0.3 is 5.97 Å². The smallest absolute Gasteiger partial charge is 0.355 e. The molecule has 0 fully saturated rings. The summed E-state index contributed by atoms with van der Waals surface area (Å²) in [5.41, 5.74) is 1.21. The molecule has 2 atom stereocenters. The first kappa shape index (κ1) is 27.1. The number of ketones is 1. The van der Waals surface area contributed by atoms with Crippen LogP contribution in [0.4, 0.5) is 0 Å². The maximum atomic E-state index is 12.7. The van der Waals surface area contributed by atoms with Crippen molar-refractivity contribution in [2.45, 2.75) is 99.3 Å². The molecule has 5 nitrogen and oxygen atoms in total. The van der Waals surface area contributed by atoms with Gasteiger partial charge in [0.15, 0.2) is 12.1 Å². The van der Waals surface area contributed by atoms with E-state index in [0.717, 1.165) is 24.7 Å². The van der Waals surface area contributed by atoms with Gasteiger partial charge in [0.25, 0.3) is 0 Å². The zero-order valence-corrected chi connectivity index (χ0v) is 20.5. The second-order valence-corrected chi connectivity index (χ2v) is 9.53. The number of aromatic nitrogens is 1. The average Bonchev–Trinajstić information content (AvgIpc) is 3.04. The summed E-state index contributed by atoms with van der Waals surface area (Å²) < 4.78 is 5.00. The summed E-state index contributed by atoms with van der Waals surface area (Å²) in [5.74, 6) is 1.55. The largest absolute Gasteiger partial charge is 0.461 e. The number of carbonyl (C=O) groups is 3. The number of esters is 1. The number of carbonyl (C=O) groups excluding carboxylic acids is 3. The lowest BCUT2D eigenvalue weighted by Gasteiger charge is -2.15. The molecule has 0 amide bonds.